The minimum Gasteiger partial charge on any atom is -0.320 e. The Balaban J connectivity index is 1.95. The molecule has 0 radical (unpaired) electrons. The van der Waals surface area contributed by atoms with Crippen LogP contribution in [0, 0.1) is 0 Å². The van der Waals surface area contributed by atoms with Crippen LogP contribution in [-0.2, 0) is 12.8 Å². The lowest BCUT2D eigenvalue weighted by molar-refractivity contribution is 0.886. The van der Waals surface area contributed by atoms with Crippen LogP contribution >= 0.6 is 45.9 Å². The number of rotatable bonds is 2. The first-order valence-electron chi connectivity index (χ1n) is 5.47. The lowest BCUT2D eigenvalue weighted by Gasteiger charge is -2.08. The second kappa shape index (κ2) is 4.56. The third-order valence-electron chi connectivity index (χ3n) is 3.09. The lowest BCUT2D eigenvalue weighted by atomic mass is 10.1. The highest BCUT2D eigenvalue weighted by molar-refractivity contribution is 7.20. The van der Waals surface area contributed by atoms with Crippen molar-refractivity contribution >= 4 is 45.9 Å². The number of nitrogens with two attached hydrogens (primary N) is 1. The summed E-state index contributed by atoms with van der Waals surface area (Å²) in [7, 11) is 0. The molecule has 90 valence electrons. The van der Waals surface area contributed by atoms with Crippen LogP contribution in [0.4, 0.5) is 0 Å². The normalized spacial score (nSPS) is 16.2. The minimum absolute atomic E-state index is 0.137. The molecule has 0 aliphatic heterocycles. The maximum Gasteiger partial charge on any atom is 0.0995 e. The predicted molar refractivity (Wildman–Crippen MR) is 76.7 cm³/mol. The molecule has 0 amide bonds. The molecule has 0 fully saturated rings. The summed E-state index contributed by atoms with van der Waals surface area (Å²) in [6.45, 7) is 0. The van der Waals surface area contributed by atoms with Crippen LogP contribution in [0.3, 0.4) is 0 Å². The van der Waals surface area contributed by atoms with Gasteiger partial charge in [0.15, 0.2) is 0 Å². The Bertz CT molecular complexity index is 537. The smallest absolute Gasteiger partial charge is 0.0995 e. The standard InChI is InChI=1S/C12H11Cl2NS2/c13-10-5-7(12(14)17-10)11(15)9-4-6-2-1-3-8(6)16-9/h4-5,11H,1-3,15H2. The van der Waals surface area contributed by atoms with E-state index in [4.69, 9.17) is 28.9 Å². The molecule has 1 nitrogen and oxygen atoms in total. The average molecular weight is 304 g/mol. The molecule has 1 unspecified atom stereocenters. The molecule has 1 aliphatic rings. The number of hydrogen-bond acceptors (Lipinski definition) is 3. The number of hydrogen-bond donors (Lipinski definition) is 1. The molecule has 17 heavy (non-hydrogen) atoms. The van der Waals surface area contributed by atoms with E-state index in [9.17, 15) is 0 Å². The first-order valence-corrected chi connectivity index (χ1v) is 7.86. The molecule has 2 heterocycles. The van der Waals surface area contributed by atoms with E-state index < -0.39 is 0 Å². The molecule has 1 aliphatic carbocycles. The van der Waals surface area contributed by atoms with Crippen molar-refractivity contribution in [3.8, 4) is 0 Å². The quantitative estimate of drug-likeness (QED) is 0.858. The SMILES string of the molecule is NC(c1cc2c(s1)CCC2)c1cc(Cl)sc1Cl. The highest BCUT2D eigenvalue weighted by atomic mass is 35.5. The number of fused-ring (bicyclic) bond motifs is 1. The van der Waals surface area contributed by atoms with E-state index in [0.29, 0.717) is 8.67 Å². The zero-order chi connectivity index (χ0) is 12.0. The molecule has 2 aromatic rings. The molecular weight excluding hydrogens is 293 g/mol. The summed E-state index contributed by atoms with van der Waals surface area (Å²) in [5, 5.41) is 0. The van der Waals surface area contributed by atoms with Crippen LogP contribution in [0.25, 0.3) is 0 Å². The van der Waals surface area contributed by atoms with Gasteiger partial charge < -0.3 is 5.73 Å². The van der Waals surface area contributed by atoms with Crippen molar-refractivity contribution in [2.45, 2.75) is 25.3 Å². The Morgan fingerprint density at radius 1 is 1.18 bits per heavy atom. The lowest BCUT2D eigenvalue weighted by Crippen LogP contribution is -2.09. The van der Waals surface area contributed by atoms with E-state index in [2.05, 4.69) is 6.07 Å². The van der Waals surface area contributed by atoms with Gasteiger partial charge in [0.25, 0.3) is 0 Å². The topological polar surface area (TPSA) is 26.0 Å². The summed E-state index contributed by atoms with van der Waals surface area (Å²) in [6.07, 6.45) is 3.67. The van der Waals surface area contributed by atoms with E-state index in [1.807, 2.05) is 17.4 Å². The van der Waals surface area contributed by atoms with E-state index in [-0.39, 0.29) is 6.04 Å². The van der Waals surface area contributed by atoms with Gasteiger partial charge in [-0.15, -0.1) is 22.7 Å². The summed E-state index contributed by atoms with van der Waals surface area (Å²) in [5.74, 6) is 0. The number of halogens is 2. The van der Waals surface area contributed by atoms with Crippen molar-refractivity contribution in [1.29, 1.82) is 0 Å². The van der Waals surface area contributed by atoms with Crippen LogP contribution in [0.5, 0.6) is 0 Å². The number of thiophene rings is 2. The van der Waals surface area contributed by atoms with Gasteiger partial charge >= 0.3 is 0 Å². The van der Waals surface area contributed by atoms with Gasteiger partial charge in [-0.25, -0.2) is 0 Å². The van der Waals surface area contributed by atoms with E-state index >= 15 is 0 Å². The van der Waals surface area contributed by atoms with Crippen LogP contribution in [-0.4, -0.2) is 0 Å². The molecule has 2 N–H and O–H groups in total. The van der Waals surface area contributed by atoms with Crippen molar-refractivity contribution in [1.82, 2.24) is 0 Å². The summed E-state index contributed by atoms with van der Waals surface area (Å²) in [6, 6.07) is 3.98. The summed E-state index contributed by atoms with van der Waals surface area (Å²) >= 11 is 15.3. The molecule has 0 saturated carbocycles. The molecule has 5 heteroatoms. The largest absolute Gasteiger partial charge is 0.320 e. The van der Waals surface area contributed by atoms with Crippen molar-refractivity contribution in [3.63, 3.8) is 0 Å². The molecule has 0 aromatic carbocycles. The monoisotopic (exact) mass is 303 g/mol. The maximum absolute atomic E-state index is 6.27. The molecule has 0 spiro atoms. The zero-order valence-electron chi connectivity index (χ0n) is 9.00. The Morgan fingerprint density at radius 2 is 2.00 bits per heavy atom. The second-order valence-electron chi connectivity index (χ2n) is 4.21. The Kier molecular flexibility index (Phi) is 3.22. The van der Waals surface area contributed by atoms with Crippen LogP contribution in [0.2, 0.25) is 8.67 Å². The van der Waals surface area contributed by atoms with Gasteiger partial charge in [0.05, 0.1) is 14.7 Å². The summed E-state index contributed by atoms with van der Waals surface area (Å²) in [4.78, 5) is 2.69. The molecule has 0 saturated heterocycles. The average Bonchev–Trinajstić information content (AvgIpc) is 2.90. The highest BCUT2D eigenvalue weighted by Gasteiger charge is 2.21. The van der Waals surface area contributed by atoms with E-state index in [0.717, 1.165) is 5.56 Å². The van der Waals surface area contributed by atoms with Crippen molar-refractivity contribution in [3.05, 3.63) is 41.7 Å². The van der Waals surface area contributed by atoms with E-state index in [1.54, 1.807) is 0 Å². The van der Waals surface area contributed by atoms with Gasteiger partial charge in [0.2, 0.25) is 0 Å². The molecule has 3 rings (SSSR count). The Labute approximate surface area is 118 Å². The van der Waals surface area contributed by atoms with Crippen molar-refractivity contribution in [2.75, 3.05) is 0 Å². The third kappa shape index (κ3) is 2.15. The summed E-state index contributed by atoms with van der Waals surface area (Å²) in [5.41, 5.74) is 8.68. The van der Waals surface area contributed by atoms with Crippen LogP contribution < -0.4 is 5.73 Å². The molecule has 0 bridgehead atoms. The Hall–Kier alpha value is -0.0600. The minimum atomic E-state index is -0.137. The fourth-order valence-electron chi connectivity index (χ4n) is 2.22. The van der Waals surface area contributed by atoms with Crippen molar-refractivity contribution < 1.29 is 0 Å². The fourth-order valence-corrected chi connectivity index (χ4v) is 5.05. The first kappa shape index (κ1) is 12.0. The van der Waals surface area contributed by atoms with Crippen LogP contribution in [0.1, 0.15) is 33.3 Å². The predicted octanol–water partition coefficient (Wildman–Crippen LogP) is 4.65. The van der Waals surface area contributed by atoms with Gasteiger partial charge in [-0.05, 0) is 37.0 Å². The zero-order valence-corrected chi connectivity index (χ0v) is 12.1. The first-order chi connectivity index (χ1) is 8.15. The summed E-state index contributed by atoms with van der Waals surface area (Å²) < 4.78 is 1.40. The fraction of sp³-hybridized carbons (Fsp3) is 0.333. The highest BCUT2D eigenvalue weighted by Crippen LogP contribution is 2.40. The van der Waals surface area contributed by atoms with Gasteiger partial charge in [-0.3, -0.25) is 0 Å². The van der Waals surface area contributed by atoms with Crippen molar-refractivity contribution in [2.24, 2.45) is 5.73 Å². The molecule has 1 atom stereocenters. The van der Waals surface area contributed by atoms with Gasteiger partial charge in [-0.1, -0.05) is 23.2 Å². The second-order valence-corrected chi connectivity index (χ2v) is 7.66. The maximum atomic E-state index is 6.27. The van der Waals surface area contributed by atoms with Gasteiger partial charge in [0.1, 0.15) is 0 Å². The number of aryl methyl sites for hydroxylation is 2. The Morgan fingerprint density at radius 3 is 2.65 bits per heavy atom. The third-order valence-corrected chi connectivity index (χ3v) is 5.93. The molecule has 2 aromatic heterocycles. The molecular formula is C12H11Cl2NS2. The van der Waals surface area contributed by atoms with Crippen LogP contribution in [0.15, 0.2) is 12.1 Å². The van der Waals surface area contributed by atoms with Gasteiger partial charge in [-0.2, -0.15) is 0 Å². The van der Waals surface area contributed by atoms with Gasteiger partial charge in [0, 0.05) is 15.3 Å². The van der Waals surface area contributed by atoms with E-state index in [1.165, 1.54) is 45.9 Å².